The summed E-state index contributed by atoms with van der Waals surface area (Å²) in [6.45, 7) is 3.10. The van der Waals surface area contributed by atoms with Crippen molar-refractivity contribution in [2.24, 2.45) is 0 Å². The van der Waals surface area contributed by atoms with E-state index in [9.17, 15) is 0 Å². The van der Waals surface area contributed by atoms with Gasteiger partial charge in [0, 0.05) is 17.1 Å². The van der Waals surface area contributed by atoms with Crippen LogP contribution in [0, 0.1) is 0 Å². The van der Waals surface area contributed by atoms with E-state index in [1.165, 1.54) is 0 Å². The zero-order valence-electron chi connectivity index (χ0n) is 11.5. The molecule has 2 heterocycles. The van der Waals surface area contributed by atoms with Gasteiger partial charge in [0.25, 0.3) is 0 Å². The fraction of sp³-hybridized carbons (Fsp3) is 0.235. The van der Waals surface area contributed by atoms with Gasteiger partial charge in [-0.1, -0.05) is 31.2 Å². The van der Waals surface area contributed by atoms with Gasteiger partial charge in [0.2, 0.25) is 0 Å². The van der Waals surface area contributed by atoms with E-state index < -0.39 is 0 Å². The van der Waals surface area contributed by atoms with E-state index >= 15 is 0 Å². The first-order chi connectivity index (χ1) is 9.90. The van der Waals surface area contributed by atoms with E-state index in [0.717, 1.165) is 35.2 Å². The molecule has 0 spiro atoms. The SMILES string of the molecule is CCCNC(c1ccco1)c1cccc2cccnc12. The van der Waals surface area contributed by atoms with Gasteiger partial charge in [-0.25, -0.2) is 0 Å². The monoisotopic (exact) mass is 266 g/mol. The molecule has 20 heavy (non-hydrogen) atoms. The summed E-state index contributed by atoms with van der Waals surface area (Å²) in [5.74, 6) is 0.927. The van der Waals surface area contributed by atoms with Crippen molar-refractivity contribution in [2.45, 2.75) is 19.4 Å². The van der Waals surface area contributed by atoms with Gasteiger partial charge in [0.05, 0.1) is 17.8 Å². The minimum absolute atomic E-state index is 0.0450. The molecule has 1 aromatic carbocycles. The van der Waals surface area contributed by atoms with Crippen molar-refractivity contribution in [3.8, 4) is 0 Å². The molecule has 1 N–H and O–H groups in total. The predicted molar refractivity (Wildman–Crippen MR) is 80.6 cm³/mol. The first kappa shape index (κ1) is 12.9. The van der Waals surface area contributed by atoms with Crippen LogP contribution < -0.4 is 5.32 Å². The average molecular weight is 266 g/mol. The second kappa shape index (κ2) is 5.88. The van der Waals surface area contributed by atoms with Gasteiger partial charge in [-0.15, -0.1) is 0 Å². The van der Waals surface area contributed by atoms with Gasteiger partial charge in [0.1, 0.15) is 5.76 Å². The highest BCUT2D eigenvalue weighted by atomic mass is 16.3. The molecule has 0 saturated carbocycles. The fourth-order valence-corrected chi connectivity index (χ4v) is 2.47. The van der Waals surface area contributed by atoms with Crippen molar-refractivity contribution in [3.63, 3.8) is 0 Å². The molecule has 3 nitrogen and oxygen atoms in total. The molecule has 3 aromatic rings. The lowest BCUT2D eigenvalue weighted by molar-refractivity contribution is 0.448. The van der Waals surface area contributed by atoms with E-state index in [-0.39, 0.29) is 6.04 Å². The smallest absolute Gasteiger partial charge is 0.125 e. The third-order valence-electron chi connectivity index (χ3n) is 3.40. The molecule has 3 rings (SSSR count). The number of aromatic nitrogens is 1. The first-order valence-electron chi connectivity index (χ1n) is 7.00. The van der Waals surface area contributed by atoms with Crippen molar-refractivity contribution in [2.75, 3.05) is 6.54 Å². The molecule has 1 atom stereocenters. The predicted octanol–water partition coefficient (Wildman–Crippen LogP) is 3.92. The molecule has 3 heteroatoms. The van der Waals surface area contributed by atoms with Crippen LogP contribution in [0.5, 0.6) is 0 Å². The largest absolute Gasteiger partial charge is 0.467 e. The maximum Gasteiger partial charge on any atom is 0.125 e. The highest BCUT2D eigenvalue weighted by Gasteiger charge is 2.18. The van der Waals surface area contributed by atoms with Gasteiger partial charge >= 0.3 is 0 Å². The molecule has 0 fully saturated rings. The topological polar surface area (TPSA) is 38.1 Å². The Morgan fingerprint density at radius 2 is 2.05 bits per heavy atom. The van der Waals surface area contributed by atoms with Crippen LogP contribution in [0.2, 0.25) is 0 Å². The van der Waals surface area contributed by atoms with E-state index in [1.54, 1.807) is 6.26 Å². The first-order valence-corrected chi connectivity index (χ1v) is 7.00. The molecule has 0 bridgehead atoms. The van der Waals surface area contributed by atoms with Crippen LogP contribution in [0.3, 0.4) is 0 Å². The zero-order valence-corrected chi connectivity index (χ0v) is 11.5. The Balaban J connectivity index is 2.09. The Hall–Kier alpha value is -2.13. The third kappa shape index (κ3) is 2.45. The maximum absolute atomic E-state index is 5.61. The van der Waals surface area contributed by atoms with Crippen LogP contribution in [-0.4, -0.2) is 11.5 Å². The minimum Gasteiger partial charge on any atom is -0.467 e. The van der Waals surface area contributed by atoms with Crippen molar-refractivity contribution in [1.29, 1.82) is 0 Å². The lowest BCUT2D eigenvalue weighted by Crippen LogP contribution is -2.23. The van der Waals surface area contributed by atoms with Crippen LogP contribution in [0.4, 0.5) is 0 Å². The number of hydrogen-bond donors (Lipinski definition) is 1. The second-order valence-corrected chi connectivity index (χ2v) is 4.82. The van der Waals surface area contributed by atoms with E-state index in [2.05, 4.69) is 41.5 Å². The van der Waals surface area contributed by atoms with Crippen LogP contribution in [0.15, 0.2) is 59.3 Å². The quantitative estimate of drug-likeness (QED) is 0.760. The normalized spacial score (nSPS) is 12.7. The summed E-state index contributed by atoms with van der Waals surface area (Å²) >= 11 is 0. The van der Waals surface area contributed by atoms with E-state index in [1.807, 2.05) is 24.4 Å². The van der Waals surface area contributed by atoms with Gasteiger partial charge in [0.15, 0.2) is 0 Å². The summed E-state index contributed by atoms with van der Waals surface area (Å²) < 4.78 is 5.61. The fourth-order valence-electron chi connectivity index (χ4n) is 2.47. The summed E-state index contributed by atoms with van der Waals surface area (Å²) in [7, 11) is 0. The summed E-state index contributed by atoms with van der Waals surface area (Å²) in [6, 6.07) is 14.3. The van der Waals surface area contributed by atoms with Crippen LogP contribution in [-0.2, 0) is 0 Å². The molecule has 0 aliphatic carbocycles. The molecule has 0 aliphatic rings. The Labute approximate surface area is 118 Å². The molecule has 0 amide bonds. The van der Waals surface area contributed by atoms with Crippen molar-refractivity contribution >= 4 is 10.9 Å². The summed E-state index contributed by atoms with van der Waals surface area (Å²) in [4.78, 5) is 4.54. The number of hydrogen-bond acceptors (Lipinski definition) is 3. The summed E-state index contributed by atoms with van der Waals surface area (Å²) in [6.07, 6.45) is 4.63. The molecular weight excluding hydrogens is 248 g/mol. The zero-order chi connectivity index (χ0) is 13.8. The summed E-state index contributed by atoms with van der Waals surface area (Å²) in [5.41, 5.74) is 2.19. The molecule has 0 aliphatic heterocycles. The van der Waals surface area contributed by atoms with Gasteiger partial charge in [-0.2, -0.15) is 0 Å². The number of nitrogens with zero attached hydrogens (tertiary/aromatic N) is 1. The highest BCUT2D eigenvalue weighted by molar-refractivity contribution is 5.82. The number of pyridine rings is 1. The number of furan rings is 1. The molecule has 2 aromatic heterocycles. The molecule has 0 radical (unpaired) electrons. The van der Waals surface area contributed by atoms with Crippen LogP contribution in [0.25, 0.3) is 10.9 Å². The number of fused-ring (bicyclic) bond motifs is 1. The molecule has 102 valence electrons. The lowest BCUT2D eigenvalue weighted by Gasteiger charge is -2.18. The maximum atomic E-state index is 5.61. The Morgan fingerprint density at radius 1 is 1.15 bits per heavy atom. The van der Waals surface area contributed by atoms with Crippen LogP contribution in [0.1, 0.15) is 30.7 Å². The van der Waals surface area contributed by atoms with Gasteiger partial charge in [-0.05, 0) is 31.2 Å². The minimum atomic E-state index is 0.0450. The molecule has 1 unspecified atom stereocenters. The standard InChI is InChI=1S/C17H18N2O/c1-2-10-18-17(15-9-5-12-20-15)14-8-3-6-13-7-4-11-19-16(13)14/h3-9,11-12,17-18H,2,10H2,1H3. The molecule has 0 saturated heterocycles. The average Bonchev–Trinajstić information content (AvgIpc) is 3.02. The number of nitrogens with one attached hydrogen (secondary N) is 1. The van der Waals surface area contributed by atoms with Crippen molar-refractivity contribution in [3.05, 3.63) is 66.2 Å². The Kier molecular flexibility index (Phi) is 3.79. The third-order valence-corrected chi connectivity index (χ3v) is 3.40. The highest BCUT2D eigenvalue weighted by Crippen LogP contribution is 2.27. The Morgan fingerprint density at radius 3 is 2.85 bits per heavy atom. The van der Waals surface area contributed by atoms with Crippen LogP contribution >= 0.6 is 0 Å². The van der Waals surface area contributed by atoms with E-state index in [4.69, 9.17) is 4.42 Å². The molecular formula is C17H18N2O. The lowest BCUT2D eigenvalue weighted by atomic mass is 10.0. The van der Waals surface area contributed by atoms with E-state index in [0.29, 0.717) is 0 Å². The number of benzene rings is 1. The van der Waals surface area contributed by atoms with Gasteiger partial charge < -0.3 is 9.73 Å². The second-order valence-electron chi connectivity index (χ2n) is 4.82. The Bertz CT molecular complexity index is 671. The summed E-state index contributed by atoms with van der Waals surface area (Å²) in [5, 5.41) is 4.70. The number of para-hydroxylation sites is 1. The van der Waals surface area contributed by atoms with Crippen molar-refractivity contribution < 1.29 is 4.42 Å². The van der Waals surface area contributed by atoms with Crippen molar-refractivity contribution in [1.82, 2.24) is 10.3 Å². The van der Waals surface area contributed by atoms with Gasteiger partial charge in [-0.3, -0.25) is 4.98 Å². The number of rotatable bonds is 5.